The minimum absolute atomic E-state index is 0.207. The smallest absolute Gasteiger partial charge is 0.236 e. The third-order valence-corrected chi connectivity index (χ3v) is 3.11. The van der Waals surface area contributed by atoms with Gasteiger partial charge >= 0.3 is 0 Å². The first-order valence-corrected chi connectivity index (χ1v) is 5.54. The Hall–Kier alpha value is -0.620. The van der Waals surface area contributed by atoms with Crippen LogP contribution in [0.25, 0.3) is 0 Å². The van der Waals surface area contributed by atoms with E-state index in [-0.39, 0.29) is 24.9 Å². The van der Waals surface area contributed by atoms with E-state index in [0.717, 1.165) is 10.6 Å². The molecule has 0 aromatic heterocycles. The first kappa shape index (κ1) is 9.47. The molecule has 0 aromatic rings. The number of hydrogen-bond donors (Lipinski definition) is 1. The Kier molecular flexibility index (Phi) is 2.39. The minimum Gasteiger partial charge on any atom is -0.328 e. The molecule has 6 heteroatoms. The second-order valence-corrected chi connectivity index (χ2v) is 4.74. The number of nitrogens with two attached hydrogens (primary N) is 1. The highest BCUT2D eigenvalue weighted by molar-refractivity contribution is 7.88. The SMILES string of the molecule is CS(=O)(=O)N1C(=O)CCC1CN. The van der Waals surface area contributed by atoms with Crippen LogP contribution in [0.5, 0.6) is 0 Å². The molecule has 1 rings (SSSR count). The Morgan fingerprint density at radius 1 is 1.67 bits per heavy atom. The Labute approximate surface area is 71.6 Å². The molecule has 0 aliphatic carbocycles. The quantitative estimate of drug-likeness (QED) is 0.602. The average molecular weight is 192 g/mol. The van der Waals surface area contributed by atoms with Crippen molar-refractivity contribution in [2.24, 2.45) is 5.73 Å². The first-order valence-electron chi connectivity index (χ1n) is 3.69. The van der Waals surface area contributed by atoms with Gasteiger partial charge in [0.25, 0.3) is 0 Å². The van der Waals surface area contributed by atoms with Crippen LogP contribution in [0, 0.1) is 0 Å². The second kappa shape index (κ2) is 3.02. The van der Waals surface area contributed by atoms with E-state index in [0.29, 0.717) is 6.42 Å². The van der Waals surface area contributed by atoms with Crippen LogP contribution in [-0.4, -0.2) is 37.5 Å². The lowest BCUT2D eigenvalue weighted by Gasteiger charge is -2.20. The summed E-state index contributed by atoms with van der Waals surface area (Å²) in [7, 11) is -3.41. The monoisotopic (exact) mass is 192 g/mol. The van der Waals surface area contributed by atoms with Gasteiger partial charge in [-0.25, -0.2) is 12.7 Å². The third kappa shape index (κ3) is 1.59. The van der Waals surface area contributed by atoms with Gasteiger partial charge in [-0.2, -0.15) is 0 Å². The molecule has 70 valence electrons. The van der Waals surface area contributed by atoms with Crippen LogP contribution < -0.4 is 5.73 Å². The molecule has 1 heterocycles. The number of sulfonamides is 1. The fourth-order valence-corrected chi connectivity index (χ4v) is 2.58. The molecule has 1 aliphatic rings. The highest BCUT2D eigenvalue weighted by Gasteiger charge is 2.36. The van der Waals surface area contributed by atoms with Crippen LogP contribution in [0.4, 0.5) is 0 Å². The zero-order chi connectivity index (χ0) is 9.35. The zero-order valence-corrected chi connectivity index (χ0v) is 7.67. The normalized spacial score (nSPS) is 25.0. The summed E-state index contributed by atoms with van der Waals surface area (Å²) in [4.78, 5) is 11.1. The van der Waals surface area contributed by atoms with E-state index in [9.17, 15) is 13.2 Å². The molecular formula is C6H12N2O3S. The topological polar surface area (TPSA) is 80.5 Å². The van der Waals surface area contributed by atoms with Crippen molar-refractivity contribution in [3.63, 3.8) is 0 Å². The van der Waals surface area contributed by atoms with Crippen molar-refractivity contribution in [3.05, 3.63) is 0 Å². The summed E-state index contributed by atoms with van der Waals surface area (Å²) in [5, 5.41) is 0. The molecule has 1 unspecified atom stereocenters. The van der Waals surface area contributed by atoms with Gasteiger partial charge in [0.1, 0.15) is 0 Å². The number of nitrogens with zero attached hydrogens (tertiary/aromatic N) is 1. The van der Waals surface area contributed by atoms with Gasteiger partial charge in [0.05, 0.1) is 12.3 Å². The van der Waals surface area contributed by atoms with Gasteiger partial charge in [-0.15, -0.1) is 0 Å². The summed E-state index contributed by atoms with van der Waals surface area (Å²) in [6.45, 7) is 0.207. The van der Waals surface area contributed by atoms with E-state index in [1.54, 1.807) is 0 Å². The van der Waals surface area contributed by atoms with Gasteiger partial charge < -0.3 is 5.73 Å². The number of carbonyl (C=O) groups excluding carboxylic acids is 1. The molecule has 0 bridgehead atoms. The molecule has 1 amide bonds. The lowest BCUT2D eigenvalue weighted by molar-refractivity contribution is -0.124. The predicted molar refractivity (Wildman–Crippen MR) is 43.8 cm³/mol. The Morgan fingerprint density at radius 2 is 2.25 bits per heavy atom. The van der Waals surface area contributed by atoms with Crippen molar-refractivity contribution in [1.29, 1.82) is 0 Å². The minimum atomic E-state index is -3.41. The second-order valence-electron chi connectivity index (χ2n) is 2.88. The van der Waals surface area contributed by atoms with Crippen LogP contribution in [-0.2, 0) is 14.8 Å². The van der Waals surface area contributed by atoms with Crippen molar-refractivity contribution in [2.45, 2.75) is 18.9 Å². The number of hydrogen-bond acceptors (Lipinski definition) is 4. The van der Waals surface area contributed by atoms with Crippen molar-refractivity contribution < 1.29 is 13.2 Å². The molecule has 0 radical (unpaired) electrons. The first-order chi connectivity index (χ1) is 5.46. The molecule has 0 spiro atoms. The standard InChI is InChI=1S/C6H12N2O3S/c1-12(10,11)8-5(4-7)2-3-6(8)9/h5H,2-4,7H2,1H3. The molecule has 12 heavy (non-hydrogen) atoms. The Morgan fingerprint density at radius 3 is 2.58 bits per heavy atom. The van der Waals surface area contributed by atoms with E-state index in [2.05, 4.69) is 0 Å². The lowest BCUT2D eigenvalue weighted by atomic mass is 10.2. The molecule has 0 saturated carbocycles. The summed E-state index contributed by atoms with van der Waals surface area (Å²) in [6, 6.07) is -0.326. The van der Waals surface area contributed by atoms with Crippen LogP contribution in [0.15, 0.2) is 0 Å². The van der Waals surface area contributed by atoms with Gasteiger partial charge in [-0.3, -0.25) is 4.79 Å². The van der Waals surface area contributed by atoms with E-state index in [1.807, 2.05) is 0 Å². The highest BCUT2D eigenvalue weighted by atomic mass is 32.2. The molecule has 1 aliphatic heterocycles. The molecule has 0 aromatic carbocycles. The Balaban J connectivity index is 2.93. The third-order valence-electron chi connectivity index (χ3n) is 1.90. The highest BCUT2D eigenvalue weighted by Crippen LogP contribution is 2.20. The average Bonchev–Trinajstić information content (AvgIpc) is 2.29. The maximum absolute atomic E-state index is 11.1. The maximum Gasteiger partial charge on any atom is 0.236 e. The van der Waals surface area contributed by atoms with E-state index < -0.39 is 10.0 Å². The zero-order valence-electron chi connectivity index (χ0n) is 6.86. The van der Waals surface area contributed by atoms with Gasteiger partial charge in [0, 0.05) is 13.0 Å². The van der Waals surface area contributed by atoms with Crippen molar-refractivity contribution in [3.8, 4) is 0 Å². The van der Waals surface area contributed by atoms with E-state index >= 15 is 0 Å². The van der Waals surface area contributed by atoms with Crippen LogP contribution >= 0.6 is 0 Å². The molecular weight excluding hydrogens is 180 g/mol. The summed E-state index contributed by atoms with van der Waals surface area (Å²) in [5.41, 5.74) is 5.32. The van der Waals surface area contributed by atoms with Crippen LogP contribution in [0.1, 0.15) is 12.8 Å². The van der Waals surface area contributed by atoms with Crippen molar-refractivity contribution in [1.82, 2.24) is 4.31 Å². The molecule has 1 fully saturated rings. The van der Waals surface area contributed by atoms with Crippen LogP contribution in [0.2, 0.25) is 0 Å². The van der Waals surface area contributed by atoms with Crippen molar-refractivity contribution in [2.75, 3.05) is 12.8 Å². The molecule has 5 nitrogen and oxygen atoms in total. The fourth-order valence-electron chi connectivity index (χ4n) is 1.39. The number of carbonyl (C=O) groups is 1. The van der Waals surface area contributed by atoms with Gasteiger partial charge in [-0.05, 0) is 6.42 Å². The molecule has 1 saturated heterocycles. The van der Waals surface area contributed by atoms with Crippen molar-refractivity contribution >= 4 is 15.9 Å². The molecule has 1 atom stereocenters. The maximum atomic E-state index is 11.1. The van der Waals surface area contributed by atoms with Gasteiger partial charge in [0.2, 0.25) is 15.9 Å². The van der Waals surface area contributed by atoms with Gasteiger partial charge in [0.15, 0.2) is 0 Å². The fraction of sp³-hybridized carbons (Fsp3) is 0.833. The number of amides is 1. The summed E-state index contributed by atoms with van der Waals surface area (Å²) < 4.78 is 23.0. The van der Waals surface area contributed by atoms with Crippen LogP contribution in [0.3, 0.4) is 0 Å². The van der Waals surface area contributed by atoms with E-state index in [1.165, 1.54) is 0 Å². The lowest BCUT2D eigenvalue weighted by Crippen LogP contribution is -2.41. The molecule has 2 N–H and O–H groups in total. The summed E-state index contributed by atoms with van der Waals surface area (Å²) in [6.07, 6.45) is 1.86. The largest absolute Gasteiger partial charge is 0.328 e. The number of rotatable bonds is 2. The van der Waals surface area contributed by atoms with E-state index in [4.69, 9.17) is 5.73 Å². The Bertz CT molecular complexity index is 285. The predicted octanol–water partition coefficient (Wildman–Crippen LogP) is -1.10. The summed E-state index contributed by atoms with van der Waals surface area (Å²) >= 11 is 0. The van der Waals surface area contributed by atoms with Gasteiger partial charge in [-0.1, -0.05) is 0 Å². The summed E-state index contributed by atoms with van der Waals surface area (Å²) in [5.74, 6) is -0.340.